The zero-order valence-electron chi connectivity index (χ0n) is 9.43. The highest BCUT2D eigenvalue weighted by molar-refractivity contribution is 5.26. The maximum Gasteiger partial charge on any atom is 0.122 e. The van der Waals surface area contributed by atoms with E-state index in [9.17, 15) is 4.39 Å². The average Bonchev–Trinajstić information content (AvgIpc) is 2.27. The van der Waals surface area contributed by atoms with Gasteiger partial charge in [0.1, 0.15) is 5.83 Å². The van der Waals surface area contributed by atoms with Crippen molar-refractivity contribution >= 4 is 0 Å². The molecule has 0 bridgehead atoms. The first-order valence-electron chi connectivity index (χ1n) is 5.60. The zero-order valence-corrected chi connectivity index (χ0v) is 9.43. The summed E-state index contributed by atoms with van der Waals surface area (Å²) in [6.07, 6.45) is 8.27. The lowest BCUT2D eigenvalue weighted by molar-refractivity contribution is 0.379. The van der Waals surface area contributed by atoms with E-state index in [0.717, 1.165) is 19.5 Å². The number of allylic oxidation sites excluding steroid dienone is 5. The molecule has 1 atom stereocenters. The lowest BCUT2D eigenvalue weighted by Gasteiger charge is -2.21. The molecule has 1 nitrogen and oxygen atoms in total. The van der Waals surface area contributed by atoms with Crippen molar-refractivity contribution in [2.45, 2.75) is 26.2 Å². The molecule has 0 radical (unpaired) electrons. The van der Waals surface area contributed by atoms with Crippen LogP contribution in [0.5, 0.6) is 0 Å². The summed E-state index contributed by atoms with van der Waals surface area (Å²) >= 11 is 0. The lowest BCUT2D eigenvalue weighted by atomic mass is 9.95. The van der Waals surface area contributed by atoms with Gasteiger partial charge in [-0.15, -0.1) is 0 Å². The van der Waals surface area contributed by atoms with E-state index >= 15 is 0 Å². The second-order valence-corrected chi connectivity index (χ2v) is 4.09. The molecule has 0 aliphatic carbocycles. The molecule has 1 fully saturated rings. The van der Waals surface area contributed by atoms with Gasteiger partial charge in [-0.3, -0.25) is 0 Å². The number of halogens is 1. The van der Waals surface area contributed by atoms with Crippen molar-refractivity contribution in [2.75, 3.05) is 13.1 Å². The molecule has 1 rings (SSSR count). The highest BCUT2D eigenvalue weighted by Crippen LogP contribution is 2.18. The molecule has 1 saturated heterocycles. The summed E-state index contributed by atoms with van der Waals surface area (Å²) in [6, 6.07) is 0. The van der Waals surface area contributed by atoms with E-state index in [1.165, 1.54) is 12.8 Å². The monoisotopic (exact) mass is 209 g/mol. The number of hydrogen-bond acceptors (Lipinski definition) is 1. The van der Waals surface area contributed by atoms with Gasteiger partial charge >= 0.3 is 0 Å². The van der Waals surface area contributed by atoms with Crippen LogP contribution in [0.4, 0.5) is 4.39 Å². The molecule has 84 valence electrons. The quantitative estimate of drug-likeness (QED) is 0.700. The van der Waals surface area contributed by atoms with Gasteiger partial charge in [0.25, 0.3) is 0 Å². The van der Waals surface area contributed by atoms with E-state index < -0.39 is 0 Å². The van der Waals surface area contributed by atoms with Gasteiger partial charge in [-0.2, -0.15) is 0 Å². The molecule has 1 N–H and O–H groups in total. The second-order valence-electron chi connectivity index (χ2n) is 4.09. The molecule has 2 heteroatoms. The fourth-order valence-electron chi connectivity index (χ4n) is 1.81. The Labute approximate surface area is 91.8 Å². The minimum atomic E-state index is -0.111. The number of rotatable bonds is 4. The Morgan fingerprint density at radius 1 is 1.60 bits per heavy atom. The Morgan fingerprint density at radius 2 is 2.40 bits per heavy atom. The normalized spacial score (nSPS) is 24.0. The molecular formula is C13H20FN. The summed E-state index contributed by atoms with van der Waals surface area (Å²) in [5, 5.41) is 3.33. The Kier molecular flexibility index (Phi) is 5.33. The van der Waals surface area contributed by atoms with Gasteiger partial charge in [0, 0.05) is 0 Å². The van der Waals surface area contributed by atoms with Gasteiger partial charge in [-0.1, -0.05) is 18.7 Å². The molecule has 1 heterocycles. The summed E-state index contributed by atoms with van der Waals surface area (Å²) in [5.74, 6) is 0.488. The molecule has 0 unspecified atom stereocenters. The van der Waals surface area contributed by atoms with Crippen molar-refractivity contribution in [3.05, 3.63) is 36.2 Å². The van der Waals surface area contributed by atoms with Crippen LogP contribution in [-0.4, -0.2) is 13.1 Å². The first-order valence-corrected chi connectivity index (χ1v) is 5.60. The molecule has 0 saturated carbocycles. The van der Waals surface area contributed by atoms with Gasteiger partial charge in [0.05, 0.1) is 0 Å². The summed E-state index contributed by atoms with van der Waals surface area (Å²) in [7, 11) is 0. The molecule has 0 aromatic carbocycles. The van der Waals surface area contributed by atoms with Crippen molar-refractivity contribution in [1.29, 1.82) is 0 Å². The molecule has 1 aliphatic rings. The highest BCUT2D eigenvalue weighted by atomic mass is 19.1. The Balaban J connectivity index is 2.41. The summed E-state index contributed by atoms with van der Waals surface area (Å²) in [5.41, 5.74) is 0.661. The van der Waals surface area contributed by atoms with Crippen LogP contribution in [0.25, 0.3) is 0 Å². The third kappa shape index (κ3) is 4.43. The van der Waals surface area contributed by atoms with E-state index in [1.54, 1.807) is 25.2 Å². The standard InChI is InChI=1S/C13H20FN/c1-3-5-11(2)13(14)8-7-12-6-4-9-15-10-12/h3,5,8,12,15H,1,4,6-7,9-10H2,2H3/b11-5-,13-8+/t12-/m1/s1. The van der Waals surface area contributed by atoms with E-state index in [2.05, 4.69) is 11.9 Å². The van der Waals surface area contributed by atoms with Gasteiger partial charge < -0.3 is 5.32 Å². The van der Waals surface area contributed by atoms with E-state index in [4.69, 9.17) is 0 Å². The molecular weight excluding hydrogens is 189 g/mol. The van der Waals surface area contributed by atoms with Crippen LogP contribution >= 0.6 is 0 Å². The van der Waals surface area contributed by atoms with Crippen molar-refractivity contribution in [3.8, 4) is 0 Å². The third-order valence-electron chi connectivity index (χ3n) is 2.77. The molecule has 1 aliphatic heterocycles. The second kappa shape index (κ2) is 6.57. The van der Waals surface area contributed by atoms with Crippen LogP contribution in [-0.2, 0) is 0 Å². The van der Waals surface area contributed by atoms with Crippen LogP contribution < -0.4 is 5.32 Å². The smallest absolute Gasteiger partial charge is 0.122 e. The topological polar surface area (TPSA) is 12.0 Å². The molecule has 0 aromatic heterocycles. The zero-order chi connectivity index (χ0) is 11.1. The van der Waals surface area contributed by atoms with Crippen molar-refractivity contribution < 1.29 is 4.39 Å². The predicted molar refractivity (Wildman–Crippen MR) is 63.4 cm³/mol. The van der Waals surface area contributed by atoms with Crippen molar-refractivity contribution in [3.63, 3.8) is 0 Å². The van der Waals surface area contributed by atoms with Gasteiger partial charge in [-0.25, -0.2) is 4.39 Å². The Morgan fingerprint density at radius 3 is 3.00 bits per heavy atom. The molecule has 0 aromatic rings. The van der Waals surface area contributed by atoms with Crippen molar-refractivity contribution in [1.82, 2.24) is 5.32 Å². The Bertz CT molecular complexity index is 260. The number of nitrogens with one attached hydrogen (secondary N) is 1. The fraction of sp³-hybridized carbons (Fsp3) is 0.538. The minimum Gasteiger partial charge on any atom is -0.316 e. The van der Waals surface area contributed by atoms with Crippen LogP contribution in [0.1, 0.15) is 26.2 Å². The summed E-state index contributed by atoms with van der Waals surface area (Å²) in [6.45, 7) is 7.45. The van der Waals surface area contributed by atoms with Gasteiger partial charge in [0.15, 0.2) is 0 Å². The van der Waals surface area contributed by atoms with E-state index in [1.807, 2.05) is 0 Å². The van der Waals surface area contributed by atoms with Gasteiger partial charge in [0.2, 0.25) is 0 Å². The average molecular weight is 209 g/mol. The molecule has 0 amide bonds. The summed E-state index contributed by atoms with van der Waals surface area (Å²) < 4.78 is 13.5. The van der Waals surface area contributed by atoms with Crippen LogP contribution in [0, 0.1) is 5.92 Å². The first kappa shape index (κ1) is 12.2. The molecule has 0 spiro atoms. The van der Waals surface area contributed by atoms with E-state index in [0.29, 0.717) is 11.5 Å². The maximum atomic E-state index is 13.5. The van der Waals surface area contributed by atoms with Crippen LogP contribution in [0.15, 0.2) is 36.2 Å². The van der Waals surface area contributed by atoms with Crippen molar-refractivity contribution in [2.24, 2.45) is 5.92 Å². The summed E-state index contributed by atoms with van der Waals surface area (Å²) in [4.78, 5) is 0. The number of piperidine rings is 1. The fourth-order valence-corrected chi connectivity index (χ4v) is 1.81. The number of hydrogen-bond donors (Lipinski definition) is 1. The Hall–Kier alpha value is -0.890. The predicted octanol–water partition coefficient (Wildman–Crippen LogP) is 3.36. The van der Waals surface area contributed by atoms with E-state index in [-0.39, 0.29) is 5.83 Å². The lowest BCUT2D eigenvalue weighted by Crippen LogP contribution is -2.29. The third-order valence-corrected chi connectivity index (χ3v) is 2.77. The van der Waals surface area contributed by atoms with Gasteiger partial charge in [-0.05, 0) is 56.8 Å². The van der Waals surface area contributed by atoms with Crippen LogP contribution in [0.2, 0.25) is 0 Å². The SMILES string of the molecule is C=C/C=C(C)\C(F)=C/C[C@H]1CCCNC1. The highest BCUT2D eigenvalue weighted by Gasteiger charge is 2.11. The minimum absolute atomic E-state index is 0.111. The van der Waals surface area contributed by atoms with Crippen LogP contribution in [0.3, 0.4) is 0 Å². The molecule has 15 heavy (non-hydrogen) atoms. The first-order chi connectivity index (χ1) is 7.24. The maximum absolute atomic E-state index is 13.5. The largest absolute Gasteiger partial charge is 0.316 e.